The fourth-order valence-electron chi connectivity index (χ4n) is 4.34. The summed E-state index contributed by atoms with van der Waals surface area (Å²) < 4.78 is 16.8. The Bertz CT molecular complexity index is 945. The molecular weight excluding hydrogens is 464 g/mol. The van der Waals surface area contributed by atoms with Crippen LogP contribution in [0.4, 0.5) is 0 Å². The summed E-state index contributed by atoms with van der Waals surface area (Å²) >= 11 is 7.68. The van der Waals surface area contributed by atoms with Crippen molar-refractivity contribution in [1.82, 2.24) is 9.80 Å². The molecule has 0 N–H and O–H groups in total. The van der Waals surface area contributed by atoms with Crippen LogP contribution in [0.15, 0.2) is 35.7 Å². The van der Waals surface area contributed by atoms with Gasteiger partial charge in [0.25, 0.3) is 0 Å². The number of amides is 2. The van der Waals surface area contributed by atoms with E-state index in [2.05, 4.69) is 11.4 Å². The largest absolute Gasteiger partial charge is 0.491 e. The molecule has 0 saturated carbocycles. The first-order valence-corrected chi connectivity index (χ1v) is 12.4. The van der Waals surface area contributed by atoms with Gasteiger partial charge in [0.15, 0.2) is 0 Å². The monoisotopic (exact) mass is 492 g/mol. The van der Waals surface area contributed by atoms with Crippen LogP contribution in [0.1, 0.15) is 29.3 Å². The number of rotatable bonds is 9. The number of thiophene rings is 1. The molecule has 178 valence electrons. The van der Waals surface area contributed by atoms with E-state index in [9.17, 15) is 9.59 Å². The zero-order valence-electron chi connectivity index (χ0n) is 18.7. The summed E-state index contributed by atoms with van der Waals surface area (Å²) in [7, 11) is 1.48. The molecule has 3 heterocycles. The molecule has 1 aromatic heterocycles. The SMILES string of the molecule is COCC(=O)N(CC(=O)N1CCc2sccc2[C@H]1COc1ccc(Cl)cc1)C[C@@H]1CCCO1. The quantitative estimate of drug-likeness (QED) is 0.535. The third-order valence-electron chi connectivity index (χ3n) is 6.03. The van der Waals surface area contributed by atoms with Gasteiger partial charge in [0.1, 0.15) is 19.0 Å². The summed E-state index contributed by atoms with van der Waals surface area (Å²) in [4.78, 5) is 30.8. The van der Waals surface area contributed by atoms with Crippen LogP contribution in [0.3, 0.4) is 0 Å². The number of carbonyl (C=O) groups is 2. The molecule has 0 bridgehead atoms. The molecule has 0 aliphatic carbocycles. The van der Waals surface area contributed by atoms with Crippen LogP contribution in [0.25, 0.3) is 0 Å². The molecule has 1 fully saturated rings. The Morgan fingerprint density at radius 2 is 2.09 bits per heavy atom. The van der Waals surface area contributed by atoms with Gasteiger partial charge in [-0.25, -0.2) is 0 Å². The molecule has 1 aromatic carbocycles. The lowest BCUT2D eigenvalue weighted by atomic mass is 10.0. The summed E-state index contributed by atoms with van der Waals surface area (Å²) in [5.74, 6) is 0.395. The molecule has 4 rings (SSSR count). The maximum absolute atomic E-state index is 13.5. The van der Waals surface area contributed by atoms with Crippen molar-refractivity contribution in [2.45, 2.75) is 31.4 Å². The Kier molecular flexibility index (Phi) is 8.25. The fraction of sp³-hybridized carbons (Fsp3) is 0.500. The van der Waals surface area contributed by atoms with Crippen LogP contribution in [0.5, 0.6) is 5.75 Å². The standard InChI is InChI=1S/C24H29ClN2O5S/c1-30-16-24(29)26(13-19-3-2-11-31-19)14-23(28)27-10-8-22-20(9-12-33-22)21(27)15-32-18-6-4-17(25)5-7-18/h4-7,9,12,19,21H,2-3,8,10-11,13-16H2,1H3/t19-,21+/m0/s1. The van der Waals surface area contributed by atoms with Crippen LogP contribution in [-0.4, -0.2) is 74.3 Å². The molecule has 0 unspecified atom stereocenters. The van der Waals surface area contributed by atoms with Gasteiger partial charge in [-0.2, -0.15) is 0 Å². The second-order valence-electron chi connectivity index (χ2n) is 8.26. The average molecular weight is 493 g/mol. The zero-order valence-corrected chi connectivity index (χ0v) is 20.3. The van der Waals surface area contributed by atoms with E-state index in [1.165, 1.54) is 12.0 Å². The number of fused-ring (bicyclic) bond motifs is 1. The highest BCUT2D eigenvalue weighted by molar-refractivity contribution is 7.10. The number of halogens is 1. The molecule has 2 amide bonds. The molecule has 0 radical (unpaired) electrons. The zero-order chi connectivity index (χ0) is 23.2. The number of benzene rings is 1. The molecule has 0 spiro atoms. The Morgan fingerprint density at radius 3 is 2.82 bits per heavy atom. The van der Waals surface area contributed by atoms with Gasteiger partial charge in [-0.15, -0.1) is 11.3 Å². The van der Waals surface area contributed by atoms with E-state index in [4.69, 9.17) is 25.8 Å². The lowest BCUT2D eigenvalue weighted by molar-refractivity contribution is -0.145. The number of hydrogen-bond donors (Lipinski definition) is 0. The molecule has 7 nitrogen and oxygen atoms in total. The summed E-state index contributed by atoms with van der Waals surface area (Å²) in [5.41, 5.74) is 1.11. The molecule has 2 atom stereocenters. The van der Waals surface area contributed by atoms with Gasteiger partial charge in [-0.1, -0.05) is 11.6 Å². The van der Waals surface area contributed by atoms with E-state index in [0.29, 0.717) is 37.1 Å². The van der Waals surface area contributed by atoms with Crippen molar-refractivity contribution in [2.24, 2.45) is 0 Å². The molecule has 2 aliphatic rings. The van der Waals surface area contributed by atoms with Crippen LogP contribution >= 0.6 is 22.9 Å². The highest BCUT2D eigenvalue weighted by atomic mass is 35.5. The molecule has 1 saturated heterocycles. The van der Waals surface area contributed by atoms with Gasteiger partial charge >= 0.3 is 0 Å². The predicted octanol–water partition coefficient (Wildman–Crippen LogP) is 3.56. The van der Waals surface area contributed by atoms with Gasteiger partial charge < -0.3 is 24.0 Å². The second-order valence-corrected chi connectivity index (χ2v) is 9.70. The minimum Gasteiger partial charge on any atom is -0.491 e. The Balaban J connectivity index is 1.48. The van der Waals surface area contributed by atoms with E-state index in [0.717, 1.165) is 24.8 Å². The lowest BCUT2D eigenvalue weighted by Gasteiger charge is -2.37. The van der Waals surface area contributed by atoms with Crippen molar-refractivity contribution in [1.29, 1.82) is 0 Å². The molecule has 33 heavy (non-hydrogen) atoms. The summed E-state index contributed by atoms with van der Waals surface area (Å²) in [6, 6.07) is 9.04. The molecular formula is C24H29ClN2O5S. The van der Waals surface area contributed by atoms with Gasteiger partial charge in [-0.3, -0.25) is 9.59 Å². The maximum Gasteiger partial charge on any atom is 0.249 e. The first-order valence-electron chi connectivity index (χ1n) is 11.2. The number of hydrogen-bond acceptors (Lipinski definition) is 6. The molecule has 2 aliphatic heterocycles. The van der Waals surface area contributed by atoms with E-state index in [-0.39, 0.29) is 37.1 Å². The van der Waals surface area contributed by atoms with Crippen molar-refractivity contribution in [3.8, 4) is 5.75 Å². The van der Waals surface area contributed by atoms with Gasteiger partial charge in [-0.05, 0) is 60.5 Å². The molecule has 2 aromatic rings. The summed E-state index contributed by atoms with van der Waals surface area (Å²) in [6.45, 7) is 1.96. The van der Waals surface area contributed by atoms with Crippen LogP contribution < -0.4 is 4.74 Å². The smallest absolute Gasteiger partial charge is 0.249 e. The van der Waals surface area contributed by atoms with Crippen molar-refractivity contribution in [2.75, 3.05) is 46.6 Å². The number of nitrogens with zero attached hydrogens (tertiary/aromatic N) is 2. The Hall–Kier alpha value is -2.13. The Morgan fingerprint density at radius 1 is 1.27 bits per heavy atom. The highest BCUT2D eigenvalue weighted by Gasteiger charge is 2.34. The Labute approximate surface area is 203 Å². The van der Waals surface area contributed by atoms with E-state index >= 15 is 0 Å². The topological polar surface area (TPSA) is 68.3 Å². The van der Waals surface area contributed by atoms with Gasteiger partial charge in [0.05, 0.1) is 18.7 Å². The highest BCUT2D eigenvalue weighted by Crippen LogP contribution is 2.34. The van der Waals surface area contributed by atoms with Crippen molar-refractivity contribution in [3.63, 3.8) is 0 Å². The van der Waals surface area contributed by atoms with Crippen LogP contribution in [0.2, 0.25) is 5.02 Å². The van der Waals surface area contributed by atoms with E-state index < -0.39 is 0 Å². The van der Waals surface area contributed by atoms with Gasteiger partial charge in [0, 0.05) is 36.7 Å². The first-order chi connectivity index (χ1) is 16.0. The van der Waals surface area contributed by atoms with Crippen molar-refractivity contribution < 1.29 is 23.8 Å². The average Bonchev–Trinajstić information content (AvgIpc) is 3.50. The third-order valence-corrected chi connectivity index (χ3v) is 7.28. The van der Waals surface area contributed by atoms with Crippen molar-refractivity contribution >= 4 is 34.8 Å². The first kappa shape index (κ1) is 24.0. The van der Waals surface area contributed by atoms with E-state index in [1.807, 2.05) is 17.0 Å². The maximum atomic E-state index is 13.5. The normalized spacial score (nSPS) is 19.9. The van der Waals surface area contributed by atoms with E-state index in [1.54, 1.807) is 28.4 Å². The van der Waals surface area contributed by atoms with Gasteiger partial charge in [0.2, 0.25) is 11.8 Å². The minimum atomic E-state index is -0.217. The minimum absolute atomic E-state index is 0.00102. The summed E-state index contributed by atoms with van der Waals surface area (Å²) in [5, 5.41) is 2.70. The second kappa shape index (κ2) is 11.3. The summed E-state index contributed by atoms with van der Waals surface area (Å²) in [6.07, 6.45) is 2.63. The predicted molar refractivity (Wildman–Crippen MR) is 127 cm³/mol. The molecule has 9 heteroatoms. The van der Waals surface area contributed by atoms with Crippen LogP contribution in [0, 0.1) is 0 Å². The fourth-order valence-corrected chi connectivity index (χ4v) is 5.39. The number of ether oxygens (including phenoxy) is 3. The number of carbonyl (C=O) groups excluding carboxylic acids is 2. The lowest BCUT2D eigenvalue weighted by Crippen LogP contribution is -2.49. The third kappa shape index (κ3) is 6.06. The van der Waals surface area contributed by atoms with Crippen LogP contribution in [-0.2, 0) is 25.5 Å². The number of methoxy groups -OCH3 is 1. The van der Waals surface area contributed by atoms with Crippen molar-refractivity contribution in [3.05, 3.63) is 51.2 Å².